The van der Waals surface area contributed by atoms with Crippen LogP contribution < -0.4 is 4.90 Å². The molecule has 18 heavy (non-hydrogen) atoms. The molecule has 2 heterocycles. The summed E-state index contributed by atoms with van der Waals surface area (Å²) in [7, 11) is 0. The molecule has 3 rings (SSSR count). The minimum Gasteiger partial charge on any atom is -0.378 e. The Morgan fingerprint density at radius 3 is 2.83 bits per heavy atom. The van der Waals surface area contributed by atoms with E-state index in [4.69, 9.17) is 4.74 Å². The van der Waals surface area contributed by atoms with Crippen molar-refractivity contribution in [2.45, 2.75) is 0 Å². The first kappa shape index (κ1) is 11.6. The molecular weight excluding hydrogens is 251 g/mol. The summed E-state index contributed by atoms with van der Waals surface area (Å²) < 4.78 is 19.2. The molecule has 94 valence electrons. The molecule has 0 saturated carbocycles. The first-order valence-electron chi connectivity index (χ1n) is 5.85. The summed E-state index contributed by atoms with van der Waals surface area (Å²) >= 11 is 1.54. The highest BCUT2D eigenvalue weighted by molar-refractivity contribution is 7.07. The predicted octanol–water partition coefficient (Wildman–Crippen LogP) is 2.79. The van der Waals surface area contributed by atoms with E-state index in [2.05, 4.69) is 4.98 Å². The lowest BCUT2D eigenvalue weighted by molar-refractivity contribution is 0.122. The molecule has 5 heteroatoms. The smallest absolute Gasteiger partial charge is 0.146 e. The third-order valence-electron chi connectivity index (χ3n) is 3.03. The Morgan fingerprint density at radius 2 is 2.11 bits per heavy atom. The van der Waals surface area contributed by atoms with Crippen LogP contribution in [0.25, 0.3) is 11.3 Å². The van der Waals surface area contributed by atoms with E-state index in [1.54, 1.807) is 22.9 Å². The molecule has 0 amide bonds. The Balaban J connectivity index is 1.95. The summed E-state index contributed by atoms with van der Waals surface area (Å²) in [6, 6.07) is 5.16. The normalized spacial score (nSPS) is 15.9. The zero-order valence-corrected chi connectivity index (χ0v) is 10.6. The average Bonchev–Trinajstić information content (AvgIpc) is 2.94. The molecule has 0 radical (unpaired) electrons. The Bertz CT molecular complexity index is 524. The Kier molecular flexibility index (Phi) is 3.25. The molecule has 0 N–H and O–H groups in total. The lowest BCUT2D eigenvalue weighted by atomic mass is 10.1. The van der Waals surface area contributed by atoms with Crippen LogP contribution >= 0.6 is 11.3 Å². The van der Waals surface area contributed by atoms with Gasteiger partial charge >= 0.3 is 0 Å². The van der Waals surface area contributed by atoms with Crippen LogP contribution in [-0.2, 0) is 4.74 Å². The lowest BCUT2D eigenvalue weighted by Crippen LogP contribution is -2.36. The largest absolute Gasteiger partial charge is 0.378 e. The van der Waals surface area contributed by atoms with E-state index < -0.39 is 0 Å². The number of benzene rings is 1. The maximum atomic E-state index is 13.9. The van der Waals surface area contributed by atoms with Crippen LogP contribution in [0.3, 0.4) is 0 Å². The summed E-state index contributed by atoms with van der Waals surface area (Å²) in [5.41, 5.74) is 4.28. The summed E-state index contributed by atoms with van der Waals surface area (Å²) in [5, 5.41) is 1.97. The fourth-order valence-electron chi connectivity index (χ4n) is 2.07. The molecule has 1 aliphatic heterocycles. The number of aromatic nitrogens is 1. The fraction of sp³-hybridized carbons (Fsp3) is 0.308. The number of hydrogen-bond acceptors (Lipinski definition) is 4. The number of ether oxygens (including phenoxy) is 1. The molecule has 0 bridgehead atoms. The second kappa shape index (κ2) is 5.04. The summed E-state index contributed by atoms with van der Waals surface area (Å²) in [6.45, 7) is 2.77. The molecule has 1 aromatic carbocycles. The minimum atomic E-state index is -0.184. The van der Waals surface area contributed by atoms with E-state index in [1.165, 1.54) is 6.07 Å². The lowest BCUT2D eigenvalue weighted by Gasteiger charge is -2.29. The van der Waals surface area contributed by atoms with Crippen molar-refractivity contribution in [3.05, 3.63) is 34.9 Å². The van der Waals surface area contributed by atoms with E-state index in [0.29, 0.717) is 18.9 Å². The Labute approximate surface area is 109 Å². The van der Waals surface area contributed by atoms with Gasteiger partial charge in [-0.25, -0.2) is 9.37 Å². The van der Waals surface area contributed by atoms with Gasteiger partial charge in [-0.1, -0.05) is 0 Å². The van der Waals surface area contributed by atoms with E-state index in [0.717, 1.165) is 24.3 Å². The molecule has 3 nitrogen and oxygen atoms in total. The van der Waals surface area contributed by atoms with Crippen LogP contribution in [0.1, 0.15) is 0 Å². The fourth-order valence-corrected chi connectivity index (χ4v) is 2.63. The van der Waals surface area contributed by atoms with Crippen molar-refractivity contribution in [1.82, 2.24) is 4.98 Å². The Hall–Kier alpha value is -1.46. The SMILES string of the molecule is Fc1ccc(-c2cscn2)cc1N1CCOCC1. The van der Waals surface area contributed by atoms with E-state index in [1.807, 2.05) is 16.3 Å². The number of halogens is 1. The van der Waals surface area contributed by atoms with Crippen LogP contribution in [0.5, 0.6) is 0 Å². The number of thiazole rings is 1. The molecule has 0 unspecified atom stereocenters. The molecule has 1 fully saturated rings. The Morgan fingerprint density at radius 1 is 1.28 bits per heavy atom. The zero-order chi connectivity index (χ0) is 12.4. The maximum absolute atomic E-state index is 13.9. The third kappa shape index (κ3) is 2.23. The third-order valence-corrected chi connectivity index (χ3v) is 3.61. The van der Waals surface area contributed by atoms with E-state index >= 15 is 0 Å². The van der Waals surface area contributed by atoms with Crippen LogP contribution in [0.2, 0.25) is 0 Å². The van der Waals surface area contributed by atoms with Crippen molar-refractivity contribution in [2.75, 3.05) is 31.2 Å². The van der Waals surface area contributed by atoms with Crippen LogP contribution in [0, 0.1) is 5.82 Å². The molecule has 2 aromatic rings. The van der Waals surface area contributed by atoms with Gasteiger partial charge in [0.1, 0.15) is 5.82 Å². The van der Waals surface area contributed by atoms with Gasteiger partial charge in [0.2, 0.25) is 0 Å². The highest BCUT2D eigenvalue weighted by Crippen LogP contribution is 2.27. The van der Waals surface area contributed by atoms with E-state index in [9.17, 15) is 4.39 Å². The monoisotopic (exact) mass is 264 g/mol. The summed E-state index contributed by atoms with van der Waals surface area (Å²) in [4.78, 5) is 6.28. The zero-order valence-electron chi connectivity index (χ0n) is 9.80. The van der Waals surface area contributed by atoms with Crippen molar-refractivity contribution in [1.29, 1.82) is 0 Å². The van der Waals surface area contributed by atoms with Gasteiger partial charge in [-0.05, 0) is 18.2 Å². The maximum Gasteiger partial charge on any atom is 0.146 e. The van der Waals surface area contributed by atoms with E-state index in [-0.39, 0.29) is 5.82 Å². The molecule has 1 saturated heterocycles. The molecule has 1 aliphatic rings. The number of morpholine rings is 1. The minimum absolute atomic E-state index is 0.184. The average molecular weight is 264 g/mol. The van der Waals surface area contributed by atoms with Gasteiger partial charge < -0.3 is 9.64 Å². The van der Waals surface area contributed by atoms with Gasteiger partial charge in [-0.15, -0.1) is 11.3 Å². The van der Waals surface area contributed by atoms with Gasteiger partial charge in [0.05, 0.1) is 30.1 Å². The molecule has 0 spiro atoms. The van der Waals surface area contributed by atoms with Gasteiger partial charge in [0.15, 0.2) is 0 Å². The van der Waals surface area contributed by atoms with Crippen molar-refractivity contribution in [2.24, 2.45) is 0 Å². The molecule has 0 aliphatic carbocycles. The topological polar surface area (TPSA) is 25.4 Å². The first-order chi connectivity index (χ1) is 8.84. The van der Waals surface area contributed by atoms with Crippen molar-refractivity contribution < 1.29 is 9.13 Å². The predicted molar refractivity (Wildman–Crippen MR) is 70.5 cm³/mol. The van der Waals surface area contributed by atoms with Crippen LogP contribution in [0.4, 0.5) is 10.1 Å². The van der Waals surface area contributed by atoms with Crippen molar-refractivity contribution in [3.63, 3.8) is 0 Å². The second-order valence-corrected chi connectivity index (χ2v) is 4.86. The van der Waals surface area contributed by atoms with Gasteiger partial charge in [0, 0.05) is 24.0 Å². The number of rotatable bonds is 2. The highest BCUT2D eigenvalue weighted by atomic mass is 32.1. The molecule has 0 atom stereocenters. The van der Waals surface area contributed by atoms with Gasteiger partial charge in [-0.3, -0.25) is 0 Å². The summed E-state index contributed by atoms with van der Waals surface area (Å²) in [5.74, 6) is -0.184. The van der Waals surface area contributed by atoms with Crippen LogP contribution in [0.15, 0.2) is 29.1 Å². The first-order valence-corrected chi connectivity index (χ1v) is 6.80. The van der Waals surface area contributed by atoms with Gasteiger partial charge in [0.25, 0.3) is 0 Å². The summed E-state index contributed by atoms with van der Waals surface area (Å²) in [6.07, 6.45) is 0. The van der Waals surface area contributed by atoms with Crippen molar-refractivity contribution in [3.8, 4) is 11.3 Å². The van der Waals surface area contributed by atoms with Crippen LogP contribution in [-0.4, -0.2) is 31.3 Å². The molecular formula is C13H13FN2OS. The highest BCUT2D eigenvalue weighted by Gasteiger charge is 2.16. The standard InChI is InChI=1S/C13H13FN2OS/c14-11-2-1-10(12-8-18-9-15-12)7-13(11)16-3-5-17-6-4-16/h1-2,7-9H,3-6H2. The van der Waals surface area contributed by atoms with Gasteiger partial charge in [-0.2, -0.15) is 0 Å². The number of hydrogen-bond donors (Lipinski definition) is 0. The molecule has 1 aromatic heterocycles. The quantitative estimate of drug-likeness (QED) is 0.834. The number of nitrogens with zero attached hydrogens (tertiary/aromatic N) is 2. The second-order valence-electron chi connectivity index (χ2n) is 4.14. The number of anilines is 1. The van der Waals surface area contributed by atoms with Crippen molar-refractivity contribution >= 4 is 17.0 Å².